The van der Waals surface area contributed by atoms with Gasteiger partial charge in [0.1, 0.15) is 22.3 Å². The highest BCUT2D eigenvalue weighted by Crippen LogP contribution is 2.43. The number of fused-ring (bicyclic) bond motifs is 6. The summed E-state index contributed by atoms with van der Waals surface area (Å²) in [6.45, 7) is 0. The van der Waals surface area contributed by atoms with Gasteiger partial charge in [-0.05, 0) is 70.8 Å². The van der Waals surface area contributed by atoms with Crippen molar-refractivity contribution in [3.63, 3.8) is 0 Å². The third kappa shape index (κ3) is 5.45. The molecule has 0 saturated heterocycles. The Kier molecular flexibility index (Phi) is 7.42. The third-order valence-corrected chi connectivity index (χ3v) is 10.6. The third-order valence-electron chi connectivity index (χ3n) is 10.6. The van der Waals surface area contributed by atoms with Crippen LogP contribution < -0.4 is 0 Å². The number of nitrogens with zero attached hydrogens (tertiary/aromatic N) is 3. The van der Waals surface area contributed by atoms with Gasteiger partial charge >= 0.3 is 0 Å². The summed E-state index contributed by atoms with van der Waals surface area (Å²) in [6.07, 6.45) is 3.66. The van der Waals surface area contributed by atoms with Gasteiger partial charge in [0.15, 0.2) is 5.82 Å². The van der Waals surface area contributed by atoms with Crippen LogP contribution in [0.4, 0.5) is 0 Å². The molecule has 11 rings (SSSR count). The van der Waals surface area contributed by atoms with E-state index in [4.69, 9.17) is 18.8 Å². The van der Waals surface area contributed by atoms with Crippen LogP contribution in [0.15, 0.2) is 197 Å². The van der Waals surface area contributed by atoms with Gasteiger partial charge in [0, 0.05) is 61.8 Å². The Bertz CT molecular complexity index is 3240. The van der Waals surface area contributed by atoms with Crippen LogP contribution in [-0.2, 0) is 0 Å². The standard InChI is InChI=1S/C51H31N3O2/c1-2-10-33(11-3-1)44-30-45(54-51(53-44)37-13-8-12-35(28-37)38-14-9-27-52-31-38)34-21-19-32(20-22-34)40-25-24-39(49-42-16-5-7-18-47(42)56-50(40)49)36-23-26-48-43(29-36)41-15-4-6-17-46(41)55-48/h1-31H. The Balaban J connectivity index is 1.02. The molecule has 56 heavy (non-hydrogen) atoms. The van der Waals surface area contributed by atoms with E-state index in [2.05, 4.69) is 126 Å². The zero-order valence-electron chi connectivity index (χ0n) is 30.1. The fourth-order valence-electron chi connectivity index (χ4n) is 7.86. The molecule has 0 saturated carbocycles. The van der Waals surface area contributed by atoms with Crippen molar-refractivity contribution in [1.82, 2.24) is 15.0 Å². The van der Waals surface area contributed by atoms with Crippen molar-refractivity contribution in [2.45, 2.75) is 0 Å². The van der Waals surface area contributed by atoms with E-state index in [0.717, 1.165) is 105 Å². The Labute approximate surface area is 322 Å². The van der Waals surface area contributed by atoms with Gasteiger partial charge < -0.3 is 8.83 Å². The van der Waals surface area contributed by atoms with Crippen LogP contribution >= 0.6 is 0 Å². The molecule has 7 aromatic carbocycles. The van der Waals surface area contributed by atoms with Crippen molar-refractivity contribution in [1.29, 1.82) is 0 Å². The van der Waals surface area contributed by atoms with E-state index in [0.29, 0.717) is 5.82 Å². The van der Waals surface area contributed by atoms with Crippen molar-refractivity contribution in [2.75, 3.05) is 0 Å². The molecule has 0 radical (unpaired) electrons. The lowest BCUT2D eigenvalue weighted by atomic mass is 9.93. The molecule has 4 aromatic heterocycles. The van der Waals surface area contributed by atoms with Crippen LogP contribution in [0.3, 0.4) is 0 Å². The zero-order chi connectivity index (χ0) is 37.0. The van der Waals surface area contributed by atoms with Crippen LogP contribution in [0.25, 0.3) is 111 Å². The first-order chi connectivity index (χ1) is 27.7. The molecule has 0 N–H and O–H groups in total. The molecule has 0 aliphatic heterocycles. The van der Waals surface area contributed by atoms with Crippen molar-refractivity contribution in [3.05, 3.63) is 188 Å². The zero-order valence-corrected chi connectivity index (χ0v) is 30.1. The van der Waals surface area contributed by atoms with E-state index >= 15 is 0 Å². The highest BCUT2D eigenvalue weighted by molar-refractivity contribution is 6.17. The van der Waals surface area contributed by atoms with Gasteiger partial charge in [0.2, 0.25) is 0 Å². The topological polar surface area (TPSA) is 65.0 Å². The molecule has 0 unspecified atom stereocenters. The van der Waals surface area contributed by atoms with Crippen molar-refractivity contribution < 1.29 is 8.83 Å². The smallest absolute Gasteiger partial charge is 0.160 e. The molecule has 0 spiro atoms. The van der Waals surface area contributed by atoms with Crippen molar-refractivity contribution in [2.24, 2.45) is 0 Å². The van der Waals surface area contributed by atoms with E-state index in [9.17, 15) is 0 Å². The summed E-state index contributed by atoms with van der Waals surface area (Å²) < 4.78 is 12.8. The Hall–Kier alpha value is -7.63. The molecule has 0 aliphatic carbocycles. The quantitative estimate of drug-likeness (QED) is 0.171. The molecular weight excluding hydrogens is 687 g/mol. The minimum absolute atomic E-state index is 0.664. The van der Waals surface area contributed by atoms with Crippen LogP contribution in [0.5, 0.6) is 0 Å². The lowest BCUT2D eigenvalue weighted by Gasteiger charge is -2.12. The average Bonchev–Trinajstić information content (AvgIpc) is 3.85. The summed E-state index contributed by atoms with van der Waals surface area (Å²) in [5.74, 6) is 0.664. The molecule has 5 nitrogen and oxygen atoms in total. The second-order valence-corrected chi connectivity index (χ2v) is 14.0. The van der Waals surface area contributed by atoms with Crippen molar-refractivity contribution >= 4 is 43.9 Å². The molecule has 0 aliphatic rings. The first kappa shape index (κ1) is 31.9. The van der Waals surface area contributed by atoms with Crippen LogP contribution in [0.2, 0.25) is 0 Å². The van der Waals surface area contributed by atoms with Crippen molar-refractivity contribution in [3.8, 4) is 67.3 Å². The normalized spacial score (nSPS) is 11.6. The molecule has 4 heterocycles. The summed E-state index contributed by atoms with van der Waals surface area (Å²) >= 11 is 0. The number of pyridine rings is 1. The molecule has 5 heteroatoms. The average molecular weight is 718 g/mol. The summed E-state index contributed by atoms with van der Waals surface area (Å²) in [7, 11) is 0. The SMILES string of the molecule is c1ccc(-c2cc(-c3ccc(-c4ccc(-c5ccc6oc7ccccc7c6c5)c5c4oc4ccccc45)cc3)nc(-c3cccc(-c4cccnc4)c3)n2)cc1. The number of aromatic nitrogens is 3. The van der Waals surface area contributed by atoms with Gasteiger partial charge in [-0.15, -0.1) is 0 Å². The number of benzene rings is 7. The number of hydrogen-bond donors (Lipinski definition) is 0. The van der Waals surface area contributed by atoms with Gasteiger partial charge in [0.05, 0.1) is 11.4 Å². The number of hydrogen-bond acceptors (Lipinski definition) is 5. The van der Waals surface area contributed by atoms with E-state index in [-0.39, 0.29) is 0 Å². The van der Waals surface area contributed by atoms with Crippen LogP contribution in [0.1, 0.15) is 0 Å². The molecule has 0 amide bonds. The number of rotatable bonds is 6. The van der Waals surface area contributed by atoms with E-state index in [1.165, 1.54) is 0 Å². The molecule has 262 valence electrons. The Morgan fingerprint density at radius 2 is 0.982 bits per heavy atom. The van der Waals surface area contributed by atoms with Gasteiger partial charge in [-0.2, -0.15) is 0 Å². The summed E-state index contributed by atoms with van der Waals surface area (Å²) in [6, 6.07) is 60.6. The van der Waals surface area contributed by atoms with Crippen LogP contribution in [0, 0.1) is 0 Å². The highest BCUT2D eigenvalue weighted by Gasteiger charge is 2.19. The predicted molar refractivity (Wildman–Crippen MR) is 227 cm³/mol. The van der Waals surface area contributed by atoms with E-state index in [1.807, 2.05) is 60.8 Å². The Morgan fingerprint density at radius 1 is 0.357 bits per heavy atom. The monoisotopic (exact) mass is 717 g/mol. The number of para-hydroxylation sites is 2. The maximum Gasteiger partial charge on any atom is 0.160 e. The molecule has 0 bridgehead atoms. The van der Waals surface area contributed by atoms with E-state index < -0.39 is 0 Å². The summed E-state index contributed by atoms with van der Waals surface area (Å²) in [4.78, 5) is 14.5. The number of furan rings is 2. The van der Waals surface area contributed by atoms with E-state index in [1.54, 1.807) is 6.20 Å². The lowest BCUT2D eigenvalue weighted by molar-refractivity contribution is 0.669. The second-order valence-electron chi connectivity index (χ2n) is 14.0. The lowest BCUT2D eigenvalue weighted by Crippen LogP contribution is -1.96. The van der Waals surface area contributed by atoms with Gasteiger partial charge in [0.25, 0.3) is 0 Å². The maximum absolute atomic E-state index is 6.69. The largest absolute Gasteiger partial charge is 0.456 e. The maximum atomic E-state index is 6.69. The van der Waals surface area contributed by atoms with Crippen LogP contribution in [-0.4, -0.2) is 15.0 Å². The first-order valence-electron chi connectivity index (χ1n) is 18.7. The minimum atomic E-state index is 0.664. The van der Waals surface area contributed by atoms with Gasteiger partial charge in [-0.3, -0.25) is 4.98 Å². The minimum Gasteiger partial charge on any atom is -0.456 e. The second kappa shape index (κ2) is 13.0. The molecule has 0 fully saturated rings. The predicted octanol–water partition coefficient (Wildman–Crippen LogP) is 13.7. The molecule has 11 aromatic rings. The summed E-state index contributed by atoms with van der Waals surface area (Å²) in [5.41, 5.74) is 14.6. The van der Waals surface area contributed by atoms with Gasteiger partial charge in [-0.1, -0.05) is 127 Å². The fraction of sp³-hybridized carbons (Fsp3) is 0. The summed E-state index contributed by atoms with van der Waals surface area (Å²) in [5, 5.41) is 4.39. The fourth-order valence-corrected chi connectivity index (χ4v) is 7.86. The van der Waals surface area contributed by atoms with Gasteiger partial charge in [-0.25, -0.2) is 9.97 Å². The Morgan fingerprint density at radius 3 is 1.79 bits per heavy atom. The molecule has 0 atom stereocenters. The first-order valence-corrected chi connectivity index (χ1v) is 18.7. The highest BCUT2D eigenvalue weighted by atomic mass is 16.3. The molecular formula is C51H31N3O2.